The topological polar surface area (TPSA) is 95.6 Å². The third-order valence-electron chi connectivity index (χ3n) is 4.86. The molecule has 0 saturated carbocycles. The molecule has 1 aliphatic rings. The lowest BCUT2D eigenvalue weighted by atomic mass is 10.1. The van der Waals surface area contributed by atoms with Gasteiger partial charge in [-0.3, -0.25) is 9.59 Å². The Hall–Kier alpha value is -2.71. The van der Waals surface area contributed by atoms with Gasteiger partial charge >= 0.3 is 0 Å². The minimum absolute atomic E-state index is 0.0226. The van der Waals surface area contributed by atoms with Crippen molar-refractivity contribution in [1.29, 1.82) is 0 Å². The first-order valence-corrected chi connectivity index (χ1v) is 11.7. The van der Waals surface area contributed by atoms with Gasteiger partial charge in [0.05, 0.1) is 17.0 Å². The third-order valence-corrected chi connectivity index (χ3v) is 6.71. The van der Waals surface area contributed by atoms with Crippen molar-refractivity contribution in [2.75, 3.05) is 18.4 Å². The normalized spacial score (nSPS) is 14.6. The van der Waals surface area contributed by atoms with Crippen molar-refractivity contribution in [2.45, 2.75) is 38.5 Å². The van der Waals surface area contributed by atoms with Crippen LogP contribution in [-0.2, 0) is 15.8 Å². The maximum absolute atomic E-state index is 12.6. The zero-order valence-corrected chi connectivity index (χ0v) is 18.0. The first-order valence-electron chi connectivity index (χ1n) is 10.0. The van der Waals surface area contributed by atoms with Crippen LogP contribution < -0.4 is 10.6 Å². The number of carbonyl (C=O) groups excluding carboxylic acids is 2. The van der Waals surface area contributed by atoms with Crippen molar-refractivity contribution in [2.24, 2.45) is 0 Å². The van der Waals surface area contributed by atoms with Crippen molar-refractivity contribution in [3.63, 3.8) is 0 Å². The number of anilines is 1. The number of benzene rings is 2. The van der Waals surface area contributed by atoms with Crippen LogP contribution in [0.15, 0.2) is 48.5 Å². The van der Waals surface area contributed by atoms with Gasteiger partial charge in [-0.15, -0.1) is 0 Å². The number of rotatable bonds is 7. The fourth-order valence-corrected chi connectivity index (χ4v) is 4.96. The number of nitrogens with one attached hydrogen (secondary N) is 2. The van der Waals surface area contributed by atoms with Crippen molar-refractivity contribution in [1.82, 2.24) is 9.62 Å². The Labute approximate surface area is 177 Å². The Morgan fingerprint density at radius 1 is 0.967 bits per heavy atom. The maximum Gasteiger partial charge on any atom is 0.255 e. The summed E-state index contributed by atoms with van der Waals surface area (Å²) in [4.78, 5) is 25.0. The lowest BCUT2D eigenvalue weighted by Crippen LogP contribution is -2.31. The summed E-state index contributed by atoms with van der Waals surface area (Å²) in [5.41, 5.74) is 1.82. The minimum atomic E-state index is -3.33. The van der Waals surface area contributed by atoms with Crippen molar-refractivity contribution < 1.29 is 18.0 Å². The Morgan fingerprint density at radius 2 is 1.60 bits per heavy atom. The number of hydrogen-bond acceptors (Lipinski definition) is 4. The fraction of sp³-hybridized carbons (Fsp3) is 0.364. The Bertz CT molecular complexity index is 1010. The quantitative estimate of drug-likeness (QED) is 0.707. The molecule has 1 aliphatic heterocycles. The van der Waals surface area contributed by atoms with Crippen LogP contribution in [-0.4, -0.2) is 43.7 Å². The molecule has 0 bridgehead atoms. The van der Waals surface area contributed by atoms with E-state index in [0.29, 0.717) is 35.5 Å². The summed E-state index contributed by atoms with van der Waals surface area (Å²) in [6.07, 6.45) is 1.80. The number of nitrogens with zero attached hydrogens (tertiary/aromatic N) is 1. The third kappa shape index (κ3) is 5.46. The Balaban J connectivity index is 1.69. The van der Waals surface area contributed by atoms with Crippen LogP contribution in [0.2, 0.25) is 0 Å². The molecule has 0 atom stereocenters. The summed E-state index contributed by atoms with van der Waals surface area (Å²) >= 11 is 0. The monoisotopic (exact) mass is 429 g/mol. The predicted octanol–water partition coefficient (Wildman–Crippen LogP) is 3.00. The van der Waals surface area contributed by atoms with Gasteiger partial charge in [0.15, 0.2) is 0 Å². The highest BCUT2D eigenvalue weighted by molar-refractivity contribution is 7.88. The number of hydrogen-bond donors (Lipinski definition) is 2. The van der Waals surface area contributed by atoms with Gasteiger partial charge in [-0.05, 0) is 56.5 Å². The molecule has 2 aromatic rings. The Morgan fingerprint density at radius 3 is 2.23 bits per heavy atom. The van der Waals surface area contributed by atoms with Crippen LogP contribution in [0.3, 0.4) is 0 Å². The van der Waals surface area contributed by atoms with E-state index in [-0.39, 0.29) is 23.6 Å². The molecule has 8 heteroatoms. The van der Waals surface area contributed by atoms with E-state index in [0.717, 1.165) is 12.8 Å². The van der Waals surface area contributed by atoms with E-state index in [2.05, 4.69) is 10.6 Å². The van der Waals surface area contributed by atoms with E-state index in [4.69, 9.17) is 0 Å². The molecule has 1 fully saturated rings. The highest BCUT2D eigenvalue weighted by atomic mass is 32.2. The van der Waals surface area contributed by atoms with Crippen LogP contribution in [0.5, 0.6) is 0 Å². The standard InChI is InChI=1S/C22H27N3O4S/c1-16(2)23-22(27)19-7-3-4-8-20(19)24-21(26)18-11-9-17(10-12-18)15-30(28,29)25-13-5-6-14-25/h3-4,7-12,16H,5-6,13-15H2,1-2H3,(H,23,27)(H,24,26). The summed E-state index contributed by atoms with van der Waals surface area (Å²) < 4.78 is 26.4. The van der Waals surface area contributed by atoms with Crippen molar-refractivity contribution in [3.8, 4) is 0 Å². The van der Waals surface area contributed by atoms with Gasteiger partial charge < -0.3 is 10.6 Å². The average Bonchev–Trinajstić information content (AvgIpc) is 3.24. The maximum atomic E-state index is 12.6. The zero-order chi connectivity index (χ0) is 21.7. The highest BCUT2D eigenvalue weighted by Crippen LogP contribution is 2.19. The average molecular weight is 430 g/mol. The molecule has 2 amide bonds. The summed E-state index contributed by atoms with van der Waals surface area (Å²) in [5.74, 6) is -0.704. The molecule has 0 aliphatic carbocycles. The molecule has 30 heavy (non-hydrogen) atoms. The molecule has 0 unspecified atom stereocenters. The van der Waals surface area contributed by atoms with E-state index in [1.807, 2.05) is 13.8 Å². The van der Waals surface area contributed by atoms with Gasteiger partial charge in [-0.2, -0.15) is 0 Å². The number of sulfonamides is 1. The summed E-state index contributed by atoms with van der Waals surface area (Å²) in [6.45, 7) is 4.88. The second-order valence-electron chi connectivity index (χ2n) is 7.69. The molecule has 7 nitrogen and oxygen atoms in total. The molecule has 3 rings (SSSR count). The fourth-order valence-electron chi connectivity index (χ4n) is 3.35. The minimum Gasteiger partial charge on any atom is -0.350 e. The van der Waals surface area contributed by atoms with Crippen molar-refractivity contribution in [3.05, 3.63) is 65.2 Å². The molecule has 2 aromatic carbocycles. The molecule has 160 valence electrons. The van der Waals surface area contributed by atoms with Crippen LogP contribution in [0.4, 0.5) is 5.69 Å². The summed E-state index contributed by atoms with van der Waals surface area (Å²) in [6, 6.07) is 13.3. The lowest BCUT2D eigenvalue weighted by Gasteiger charge is -2.15. The first-order chi connectivity index (χ1) is 14.3. The molecular weight excluding hydrogens is 402 g/mol. The number of para-hydroxylation sites is 1. The van der Waals surface area contributed by atoms with Crippen LogP contribution >= 0.6 is 0 Å². The smallest absolute Gasteiger partial charge is 0.255 e. The molecule has 1 heterocycles. The van der Waals surface area contributed by atoms with Gasteiger partial charge in [0.2, 0.25) is 10.0 Å². The van der Waals surface area contributed by atoms with Gasteiger partial charge in [0.1, 0.15) is 0 Å². The lowest BCUT2D eigenvalue weighted by molar-refractivity contribution is 0.0944. The second kappa shape index (κ2) is 9.40. The largest absolute Gasteiger partial charge is 0.350 e. The second-order valence-corrected chi connectivity index (χ2v) is 9.66. The molecule has 0 radical (unpaired) electrons. The van der Waals surface area contributed by atoms with Gasteiger partial charge in [-0.1, -0.05) is 24.3 Å². The molecule has 2 N–H and O–H groups in total. The molecule has 0 aromatic heterocycles. The SMILES string of the molecule is CC(C)NC(=O)c1ccccc1NC(=O)c1ccc(CS(=O)(=O)N2CCCC2)cc1. The first kappa shape index (κ1) is 22.0. The summed E-state index contributed by atoms with van der Waals surface area (Å²) in [7, 11) is -3.33. The molecule has 0 spiro atoms. The predicted molar refractivity (Wildman–Crippen MR) is 117 cm³/mol. The number of amides is 2. The van der Waals surface area contributed by atoms with E-state index in [1.54, 1.807) is 48.5 Å². The van der Waals surface area contributed by atoms with Gasteiger partial charge in [0, 0.05) is 24.7 Å². The zero-order valence-electron chi connectivity index (χ0n) is 17.2. The van der Waals surface area contributed by atoms with Gasteiger partial charge in [0.25, 0.3) is 11.8 Å². The van der Waals surface area contributed by atoms with E-state index < -0.39 is 10.0 Å². The van der Waals surface area contributed by atoms with Crippen LogP contribution in [0.1, 0.15) is 53.0 Å². The Kier molecular flexibility index (Phi) is 6.89. The summed E-state index contributed by atoms with van der Waals surface area (Å²) in [5, 5.41) is 5.58. The van der Waals surface area contributed by atoms with E-state index in [9.17, 15) is 18.0 Å². The van der Waals surface area contributed by atoms with Crippen LogP contribution in [0.25, 0.3) is 0 Å². The highest BCUT2D eigenvalue weighted by Gasteiger charge is 2.25. The molecule has 1 saturated heterocycles. The van der Waals surface area contributed by atoms with E-state index >= 15 is 0 Å². The number of carbonyl (C=O) groups is 2. The van der Waals surface area contributed by atoms with E-state index in [1.165, 1.54) is 4.31 Å². The van der Waals surface area contributed by atoms with Crippen molar-refractivity contribution >= 4 is 27.5 Å². The van der Waals surface area contributed by atoms with Gasteiger partial charge in [-0.25, -0.2) is 12.7 Å². The molecular formula is C22H27N3O4S. The van der Waals surface area contributed by atoms with Crippen LogP contribution in [0, 0.1) is 0 Å².